The van der Waals surface area contributed by atoms with Crippen LogP contribution >= 0.6 is 12.2 Å². The third-order valence-electron chi connectivity index (χ3n) is 1.00. The molecule has 0 bridgehead atoms. The molecule has 0 saturated heterocycles. The Morgan fingerprint density at radius 1 is 1.70 bits per heavy atom. The molecule has 3 nitrogen and oxygen atoms in total. The van der Waals surface area contributed by atoms with Crippen molar-refractivity contribution >= 4 is 17.2 Å². The highest BCUT2D eigenvalue weighted by molar-refractivity contribution is 7.80. The molecular weight excluding hydrogens is 148 g/mol. The zero-order valence-electron chi connectivity index (χ0n) is 6.22. The van der Waals surface area contributed by atoms with E-state index in [4.69, 9.17) is 10.5 Å². The SMILES string of the molecule is COCCCNCC(N)=S. The molecule has 0 rings (SSSR count). The molecule has 0 fully saturated rings. The number of nitrogens with two attached hydrogens (primary N) is 1. The largest absolute Gasteiger partial charge is 0.392 e. The molecule has 4 heteroatoms. The monoisotopic (exact) mass is 162 g/mol. The van der Waals surface area contributed by atoms with E-state index in [1.54, 1.807) is 7.11 Å². The number of rotatable bonds is 6. The van der Waals surface area contributed by atoms with Gasteiger partial charge in [0.1, 0.15) is 0 Å². The number of hydrogen-bond donors (Lipinski definition) is 2. The van der Waals surface area contributed by atoms with Gasteiger partial charge in [-0.3, -0.25) is 0 Å². The van der Waals surface area contributed by atoms with Crippen LogP contribution in [-0.2, 0) is 4.74 Å². The van der Waals surface area contributed by atoms with Gasteiger partial charge in [-0.1, -0.05) is 12.2 Å². The summed E-state index contributed by atoms with van der Waals surface area (Å²) in [6.45, 7) is 2.31. The van der Waals surface area contributed by atoms with Crippen molar-refractivity contribution in [3.8, 4) is 0 Å². The van der Waals surface area contributed by atoms with Gasteiger partial charge in [0.25, 0.3) is 0 Å². The standard InChI is InChI=1S/C6H14N2OS/c1-9-4-2-3-8-5-6(7)10/h8H,2-5H2,1H3,(H2,7,10). The first-order valence-electron chi connectivity index (χ1n) is 3.25. The molecule has 0 aliphatic carbocycles. The molecule has 3 N–H and O–H groups in total. The molecule has 0 amide bonds. The Balaban J connectivity index is 2.84. The van der Waals surface area contributed by atoms with Crippen molar-refractivity contribution in [1.82, 2.24) is 5.32 Å². The van der Waals surface area contributed by atoms with Crippen molar-refractivity contribution in [2.45, 2.75) is 6.42 Å². The quantitative estimate of drug-likeness (QED) is 0.423. The predicted molar refractivity (Wildman–Crippen MR) is 46.1 cm³/mol. The van der Waals surface area contributed by atoms with Gasteiger partial charge in [0.2, 0.25) is 0 Å². The van der Waals surface area contributed by atoms with Crippen LogP contribution in [0.4, 0.5) is 0 Å². The fourth-order valence-electron chi connectivity index (χ4n) is 0.553. The minimum Gasteiger partial charge on any atom is -0.392 e. The normalized spacial score (nSPS) is 9.70. The average Bonchev–Trinajstić information content (AvgIpc) is 1.87. The first-order chi connectivity index (χ1) is 4.77. The van der Waals surface area contributed by atoms with E-state index < -0.39 is 0 Å². The van der Waals surface area contributed by atoms with Crippen LogP contribution in [0.2, 0.25) is 0 Å². The van der Waals surface area contributed by atoms with E-state index in [0.29, 0.717) is 11.5 Å². The number of methoxy groups -OCH3 is 1. The smallest absolute Gasteiger partial charge is 0.0867 e. The Bertz CT molecular complexity index is 97.7. The van der Waals surface area contributed by atoms with E-state index in [0.717, 1.165) is 19.6 Å². The van der Waals surface area contributed by atoms with Crippen molar-refractivity contribution in [3.05, 3.63) is 0 Å². The van der Waals surface area contributed by atoms with Crippen molar-refractivity contribution in [2.75, 3.05) is 26.8 Å². The highest BCUT2D eigenvalue weighted by atomic mass is 32.1. The Morgan fingerprint density at radius 3 is 2.90 bits per heavy atom. The van der Waals surface area contributed by atoms with E-state index in [1.807, 2.05) is 0 Å². The van der Waals surface area contributed by atoms with Crippen LogP contribution in [0.15, 0.2) is 0 Å². The lowest BCUT2D eigenvalue weighted by Gasteiger charge is -2.01. The van der Waals surface area contributed by atoms with Crippen LogP contribution in [0.5, 0.6) is 0 Å². The zero-order valence-corrected chi connectivity index (χ0v) is 7.04. The Morgan fingerprint density at radius 2 is 2.40 bits per heavy atom. The van der Waals surface area contributed by atoms with Crippen molar-refractivity contribution in [1.29, 1.82) is 0 Å². The first-order valence-corrected chi connectivity index (χ1v) is 3.66. The van der Waals surface area contributed by atoms with Gasteiger partial charge in [-0.15, -0.1) is 0 Å². The fourth-order valence-corrected chi connectivity index (χ4v) is 0.655. The zero-order chi connectivity index (χ0) is 7.82. The van der Waals surface area contributed by atoms with Gasteiger partial charge in [-0.2, -0.15) is 0 Å². The van der Waals surface area contributed by atoms with Crippen LogP contribution < -0.4 is 11.1 Å². The molecule has 0 radical (unpaired) electrons. The summed E-state index contributed by atoms with van der Waals surface area (Å²) < 4.78 is 4.84. The van der Waals surface area contributed by atoms with Gasteiger partial charge < -0.3 is 15.8 Å². The maximum atomic E-state index is 5.24. The highest BCUT2D eigenvalue weighted by Gasteiger charge is 1.87. The van der Waals surface area contributed by atoms with Crippen molar-refractivity contribution in [2.24, 2.45) is 5.73 Å². The maximum Gasteiger partial charge on any atom is 0.0867 e. The molecule has 0 atom stereocenters. The summed E-state index contributed by atoms with van der Waals surface area (Å²) in [6.07, 6.45) is 0.999. The van der Waals surface area contributed by atoms with Gasteiger partial charge in [0, 0.05) is 20.3 Å². The molecule has 0 spiro atoms. The van der Waals surface area contributed by atoms with E-state index in [2.05, 4.69) is 17.5 Å². The summed E-state index contributed by atoms with van der Waals surface area (Å²) in [5.74, 6) is 0. The van der Waals surface area contributed by atoms with E-state index in [1.165, 1.54) is 0 Å². The first kappa shape index (κ1) is 9.81. The van der Waals surface area contributed by atoms with E-state index >= 15 is 0 Å². The van der Waals surface area contributed by atoms with Crippen LogP contribution in [0.3, 0.4) is 0 Å². The van der Waals surface area contributed by atoms with Crippen LogP contribution in [-0.4, -0.2) is 31.8 Å². The molecule has 0 aliphatic heterocycles. The Kier molecular flexibility index (Phi) is 6.79. The summed E-state index contributed by atoms with van der Waals surface area (Å²) >= 11 is 4.66. The Hall–Kier alpha value is -0.190. The average molecular weight is 162 g/mol. The molecule has 10 heavy (non-hydrogen) atoms. The lowest BCUT2D eigenvalue weighted by molar-refractivity contribution is 0.195. The van der Waals surface area contributed by atoms with Crippen molar-refractivity contribution < 1.29 is 4.74 Å². The van der Waals surface area contributed by atoms with Crippen molar-refractivity contribution in [3.63, 3.8) is 0 Å². The summed E-state index contributed by atoms with van der Waals surface area (Å²) in [7, 11) is 1.69. The molecular formula is C6H14N2OS. The number of ether oxygens (including phenoxy) is 1. The van der Waals surface area contributed by atoms with Crippen LogP contribution in [0.1, 0.15) is 6.42 Å². The van der Waals surface area contributed by atoms with Crippen LogP contribution in [0.25, 0.3) is 0 Å². The maximum absolute atomic E-state index is 5.24. The third kappa shape index (κ3) is 7.81. The van der Waals surface area contributed by atoms with Crippen LogP contribution in [0, 0.1) is 0 Å². The second-order valence-corrected chi connectivity index (χ2v) is 2.51. The number of thiocarbonyl (C=S) groups is 1. The summed E-state index contributed by atoms with van der Waals surface area (Å²) in [5.41, 5.74) is 5.24. The van der Waals surface area contributed by atoms with Gasteiger partial charge in [0.05, 0.1) is 4.99 Å². The molecule has 0 aromatic carbocycles. The lowest BCUT2D eigenvalue weighted by atomic mass is 10.4. The van der Waals surface area contributed by atoms with Gasteiger partial charge in [-0.05, 0) is 13.0 Å². The lowest BCUT2D eigenvalue weighted by Crippen LogP contribution is -2.28. The van der Waals surface area contributed by atoms with Gasteiger partial charge >= 0.3 is 0 Å². The van der Waals surface area contributed by atoms with Gasteiger partial charge in [-0.25, -0.2) is 0 Å². The molecule has 0 aromatic rings. The molecule has 0 aromatic heterocycles. The minimum atomic E-state index is 0.511. The summed E-state index contributed by atoms with van der Waals surface area (Å²) in [5, 5.41) is 3.07. The highest BCUT2D eigenvalue weighted by Crippen LogP contribution is 1.75. The molecule has 0 heterocycles. The molecule has 0 unspecified atom stereocenters. The third-order valence-corrected chi connectivity index (χ3v) is 1.15. The molecule has 0 saturated carbocycles. The topological polar surface area (TPSA) is 47.3 Å². The second-order valence-electron chi connectivity index (χ2n) is 1.99. The summed E-state index contributed by atoms with van der Waals surface area (Å²) in [6, 6.07) is 0. The minimum absolute atomic E-state index is 0.511. The number of hydrogen-bond acceptors (Lipinski definition) is 3. The molecule has 0 aliphatic rings. The predicted octanol–water partition coefficient (Wildman–Crippen LogP) is -0.101. The summed E-state index contributed by atoms with van der Waals surface area (Å²) in [4.78, 5) is 0.511. The molecule has 60 valence electrons. The van der Waals surface area contributed by atoms with E-state index in [9.17, 15) is 0 Å². The number of nitrogens with one attached hydrogen (secondary N) is 1. The van der Waals surface area contributed by atoms with E-state index in [-0.39, 0.29) is 0 Å². The van der Waals surface area contributed by atoms with Gasteiger partial charge in [0.15, 0.2) is 0 Å². The Labute approximate surface area is 66.9 Å². The fraction of sp³-hybridized carbons (Fsp3) is 0.833. The second kappa shape index (κ2) is 6.92.